The van der Waals surface area contributed by atoms with Crippen molar-refractivity contribution < 1.29 is 9.52 Å². The van der Waals surface area contributed by atoms with Crippen molar-refractivity contribution in [2.24, 2.45) is 0 Å². The van der Waals surface area contributed by atoms with E-state index in [1.54, 1.807) is 12.1 Å². The molecule has 0 aliphatic carbocycles. The first kappa shape index (κ1) is 31.7. The minimum Gasteiger partial charge on any atom is -0.507 e. The predicted octanol–water partition coefficient (Wildman–Crippen LogP) is 13.1. The maximum atomic E-state index is 10.3. The van der Waals surface area contributed by atoms with E-state index in [1.807, 2.05) is 66.7 Å². The summed E-state index contributed by atoms with van der Waals surface area (Å²) in [7, 11) is 0. The molecule has 0 aliphatic rings. The number of hydrogen-bond donors (Lipinski definition) is 1. The summed E-state index contributed by atoms with van der Waals surface area (Å²) in [5.41, 5.74) is 6.11. The lowest BCUT2D eigenvalue weighted by Gasteiger charge is -2.12. The van der Waals surface area contributed by atoms with E-state index >= 15 is 0 Å². The smallest absolute Gasteiger partial charge is 0.246 e. The second-order valence-electron chi connectivity index (χ2n) is 12.7. The Morgan fingerprint density at radius 1 is 0.415 bits per heavy atom. The predicted molar refractivity (Wildman–Crippen MR) is 219 cm³/mol. The lowest BCUT2D eigenvalue weighted by molar-refractivity contribution is 0.477. The molecule has 0 fully saturated rings. The van der Waals surface area contributed by atoms with Crippen LogP contribution in [-0.4, -0.2) is 25.0 Å². The zero-order valence-corrected chi connectivity index (χ0v) is 29.7. The van der Waals surface area contributed by atoms with Crippen LogP contribution in [0.1, 0.15) is 0 Å². The number of hydrogen-bond acceptors (Lipinski definition) is 6. The Hall–Kier alpha value is -6.05. The number of phenolic OH excluding ortho intramolecular Hbond substituents is 1. The molecule has 0 saturated heterocycles. The summed E-state index contributed by atoms with van der Waals surface area (Å²) < 4.78 is 5.94. The summed E-state index contributed by atoms with van der Waals surface area (Å²) in [6, 6.07) is 43.1. The number of fused-ring (bicyclic) bond motifs is 15. The molecule has 0 atom stereocenters. The minimum absolute atomic E-state index is 0.0556. The normalized spacial score (nSPS) is 11.8. The van der Waals surface area contributed by atoms with Crippen molar-refractivity contribution in [2.45, 2.75) is 0 Å². The summed E-state index contributed by atoms with van der Waals surface area (Å²) in [6.45, 7) is 0. The van der Waals surface area contributed by atoms with Gasteiger partial charge in [-0.1, -0.05) is 132 Å². The van der Waals surface area contributed by atoms with Gasteiger partial charge < -0.3 is 9.52 Å². The van der Waals surface area contributed by atoms with Gasteiger partial charge in [0.25, 0.3) is 0 Å². The van der Waals surface area contributed by atoms with Gasteiger partial charge in [0.15, 0.2) is 5.15 Å². The third kappa shape index (κ3) is 5.10. The third-order valence-corrected chi connectivity index (χ3v) is 10.4. The average Bonchev–Trinajstić information content (AvgIpc) is 3.55. The highest BCUT2D eigenvalue weighted by atomic mass is 35.5. The Morgan fingerprint density at radius 2 is 0.868 bits per heavy atom. The van der Waals surface area contributed by atoms with Crippen LogP contribution in [0.15, 0.2) is 138 Å². The fourth-order valence-electron chi connectivity index (χ4n) is 7.28. The van der Waals surface area contributed by atoms with E-state index in [2.05, 4.69) is 53.5 Å². The van der Waals surface area contributed by atoms with Crippen molar-refractivity contribution in [2.75, 3.05) is 0 Å². The molecule has 11 rings (SSSR count). The first-order chi connectivity index (χ1) is 25.9. The van der Waals surface area contributed by atoms with Gasteiger partial charge in [0.05, 0.1) is 21.9 Å². The highest BCUT2D eigenvalue weighted by Crippen LogP contribution is 2.40. The van der Waals surface area contributed by atoms with Gasteiger partial charge in [-0.25, -0.2) is 19.9 Å². The fraction of sp³-hybridized carbons (Fsp3) is 0. The van der Waals surface area contributed by atoms with E-state index in [-0.39, 0.29) is 10.9 Å². The first-order valence-electron chi connectivity index (χ1n) is 16.8. The molecule has 11 aromatic rings. The summed E-state index contributed by atoms with van der Waals surface area (Å²) >= 11 is 18.8. The molecule has 0 aliphatic heterocycles. The maximum Gasteiger partial charge on any atom is 0.246 e. The standard InChI is InChI=1S/C22H12Cl2N2O.C22H11ClN2O/c23-12-9-10-18(27)17(11-12)21-22(24)26-20-16-8-4-2-6-14(16)13-5-1-3-7-15(13)19(20)25-21;23-12-9-10-18-17(11-12)21-22(26-18)25-20-16-8-4-2-6-14(16)13-5-1-3-7-15(13)19(20)24-21/h1-11,27H;1-11H. The molecule has 3 aromatic heterocycles. The Kier molecular flexibility index (Phi) is 7.34. The molecule has 0 radical (unpaired) electrons. The van der Waals surface area contributed by atoms with Crippen molar-refractivity contribution in [3.8, 4) is 17.0 Å². The zero-order chi connectivity index (χ0) is 35.8. The second-order valence-corrected chi connectivity index (χ2v) is 14.0. The van der Waals surface area contributed by atoms with Crippen LogP contribution in [-0.2, 0) is 0 Å². The molecule has 0 saturated carbocycles. The van der Waals surface area contributed by atoms with Gasteiger partial charge in [0.2, 0.25) is 5.71 Å². The minimum atomic E-state index is 0.0556. The zero-order valence-electron chi connectivity index (χ0n) is 27.5. The molecule has 252 valence electrons. The number of furan rings is 1. The number of benzene rings is 8. The van der Waals surface area contributed by atoms with Crippen molar-refractivity contribution in [3.63, 3.8) is 0 Å². The van der Waals surface area contributed by atoms with E-state index in [1.165, 1.54) is 16.8 Å². The third-order valence-electron chi connectivity index (χ3n) is 9.64. The van der Waals surface area contributed by atoms with Crippen LogP contribution < -0.4 is 0 Å². The van der Waals surface area contributed by atoms with Gasteiger partial charge in [-0.05, 0) is 57.9 Å². The van der Waals surface area contributed by atoms with Crippen LogP contribution in [0.2, 0.25) is 15.2 Å². The number of nitrogens with zero attached hydrogens (tertiary/aromatic N) is 4. The molecule has 0 amide bonds. The SMILES string of the molecule is Clc1ccc2oc3nc4c5ccccc5c5ccccc5c4nc3c2c1.Oc1ccc(Cl)cc1-c1nc2c3ccccc3c3ccccc3c2nc1Cl. The molecule has 0 spiro atoms. The van der Waals surface area contributed by atoms with Crippen LogP contribution in [0.3, 0.4) is 0 Å². The monoisotopic (exact) mass is 744 g/mol. The molecule has 53 heavy (non-hydrogen) atoms. The number of halogens is 3. The van der Waals surface area contributed by atoms with E-state index in [0.717, 1.165) is 70.9 Å². The molecular weight excluding hydrogens is 723 g/mol. The molecular formula is C44H23Cl3N4O2. The van der Waals surface area contributed by atoms with E-state index in [4.69, 9.17) is 54.2 Å². The van der Waals surface area contributed by atoms with Gasteiger partial charge in [-0.15, -0.1) is 0 Å². The Balaban J connectivity index is 0.000000132. The molecule has 8 aromatic carbocycles. The van der Waals surface area contributed by atoms with Gasteiger partial charge >= 0.3 is 0 Å². The average molecular weight is 746 g/mol. The second kappa shape index (κ2) is 12.3. The van der Waals surface area contributed by atoms with Crippen LogP contribution in [0, 0.1) is 0 Å². The summed E-state index contributed by atoms with van der Waals surface area (Å²) in [6.07, 6.45) is 0. The summed E-state index contributed by atoms with van der Waals surface area (Å²) in [5.74, 6) is 0.0556. The number of phenols is 1. The molecule has 3 heterocycles. The lowest BCUT2D eigenvalue weighted by Crippen LogP contribution is -1.94. The Bertz CT molecular complexity index is 3310. The molecule has 0 bridgehead atoms. The van der Waals surface area contributed by atoms with Gasteiger partial charge in [0, 0.05) is 37.2 Å². The number of aromatic hydroxyl groups is 1. The molecule has 1 N–H and O–H groups in total. The largest absolute Gasteiger partial charge is 0.507 e. The fourth-order valence-corrected chi connectivity index (χ4v) is 7.85. The van der Waals surface area contributed by atoms with Crippen molar-refractivity contribution >= 4 is 122 Å². The summed E-state index contributed by atoms with van der Waals surface area (Å²) in [5, 5.41) is 21.2. The van der Waals surface area contributed by atoms with Crippen LogP contribution in [0.25, 0.3) is 98.6 Å². The van der Waals surface area contributed by atoms with E-state index in [9.17, 15) is 5.11 Å². The quantitative estimate of drug-likeness (QED) is 0.168. The van der Waals surface area contributed by atoms with Crippen molar-refractivity contribution in [1.29, 1.82) is 0 Å². The van der Waals surface area contributed by atoms with Gasteiger partial charge in [-0.3, -0.25) is 0 Å². The molecule has 0 unspecified atom stereocenters. The Labute approximate surface area is 315 Å². The van der Waals surface area contributed by atoms with Crippen LogP contribution in [0.4, 0.5) is 0 Å². The van der Waals surface area contributed by atoms with Gasteiger partial charge in [-0.2, -0.15) is 0 Å². The van der Waals surface area contributed by atoms with Crippen LogP contribution in [0.5, 0.6) is 5.75 Å². The van der Waals surface area contributed by atoms with Crippen molar-refractivity contribution in [1.82, 2.24) is 19.9 Å². The first-order valence-corrected chi connectivity index (χ1v) is 17.9. The van der Waals surface area contributed by atoms with E-state index in [0.29, 0.717) is 27.0 Å². The number of aromatic nitrogens is 4. The highest BCUT2D eigenvalue weighted by Gasteiger charge is 2.19. The topological polar surface area (TPSA) is 84.9 Å². The molecule has 6 nitrogen and oxygen atoms in total. The molecule has 9 heteroatoms. The number of rotatable bonds is 1. The maximum absolute atomic E-state index is 10.3. The van der Waals surface area contributed by atoms with Crippen molar-refractivity contribution in [3.05, 3.63) is 149 Å². The van der Waals surface area contributed by atoms with Crippen LogP contribution >= 0.6 is 34.8 Å². The lowest BCUT2D eigenvalue weighted by atomic mass is 9.99. The summed E-state index contributed by atoms with van der Waals surface area (Å²) in [4.78, 5) is 19.3. The Morgan fingerprint density at radius 3 is 1.43 bits per heavy atom. The van der Waals surface area contributed by atoms with E-state index < -0.39 is 0 Å². The van der Waals surface area contributed by atoms with Gasteiger partial charge in [0.1, 0.15) is 28.1 Å². The highest BCUT2D eigenvalue weighted by molar-refractivity contribution is 6.34.